The molecule has 180 valence electrons. The third-order valence-corrected chi connectivity index (χ3v) is 5.27. The zero-order valence-corrected chi connectivity index (χ0v) is 21.8. The minimum atomic E-state index is -0.332. The zero-order valence-electron chi connectivity index (χ0n) is 19.5. The van der Waals surface area contributed by atoms with Crippen molar-refractivity contribution in [1.29, 1.82) is 0 Å². The number of guanidine groups is 1. The lowest BCUT2D eigenvalue weighted by Crippen LogP contribution is -2.38. The molecule has 0 aliphatic heterocycles. The van der Waals surface area contributed by atoms with Crippen molar-refractivity contribution in [2.24, 2.45) is 10.9 Å². The smallest absolute Gasteiger partial charge is 0.221 e. The van der Waals surface area contributed by atoms with E-state index in [0.29, 0.717) is 30.8 Å². The number of benzene rings is 2. The topological polar surface area (TPSA) is 74.8 Å². The molecule has 1 atom stereocenters. The Labute approximate surface area is 212 Å². The van der Waals surface area contributed by atoms with Crippen LogP contribution in [0, 0.1) is 11.7 Å². The summed E-state index contributed by atoms with van der Waals surface area (Å²) in [6.07, 6.45) is 3.12. The lowest BCUT2D eigenvalue weighted by molar-refractivity contribution is -0.114. The van der Waals surface area contributed by atoms with Gasteiger partial charge in [-0.25, -0.2) is 4.39 Å². The van der Waals surface area contributed by atoms with Crippen molar-refractivity contribution < 1.29 is 13.9 Å². The Bertz CT molecular complexity index is 933. The minimum Gasteiger partial charge on any atom is -0.490 e. The van der Waals surface area contributed by atoms with Gasteiger partial charge in [0.1, 0.15) is 0 Å². The van der Waals surface area contributed by atoms with Gasteiger partial charge in [0.25, 0.3) is 0 Å². The molecule has 1 unspecified atom stereocenters. The summed E-state index contributed by atoms with van der Waals surface area (Å²) in [5, 5.41) is 9.34. The van der Waals surface area contributed by atoms with Gasteiger partial charge in [-0.2, -0.15) is 0 Å². The van der Waals surface area contributed by atoms with E-state index in [1.165, 1.54) is 25.8 Å². The number of amides is 1. The van der Waals surface area contributed by atoms with E-state index in [9.17, 15) is 9.18 Å². The standard InChI is InChI=1S/C25H33FN4O2.HI/c1-4-27-25(28-14-13-19-7-10-22(11-8-19)30-18(3)31)29-17(2)21-9-12-24(23(26)15-21)32-16-20-5-6-20;/h7-12,15,17,20H,4-6,13-14,16H2,1-3H3,(H,30,31)(H2,27,28,29);1H. The van der Waals surface area contributed by atoms with Gasteiger partial charge in [-0.3, -0.25) is 9.79 Å². The molecule has 2 aromatic rings. The summed E-state index contributed by atoms with van der Waals surface area (Å²) in [7, 11) is 0. The highest BCUT2D eigenvalue weighted by atomic mass is 127. The lowest BCUT2D eigenvalue weighted by Gasteiger charge is -2.19. The van der Waals surface area contributed by atoms with Crippen LogP contribution in [0.1, 0.15) is 50.8 Å². The Kier molecular flexibility index (Phi) is 10.9. The maximum absolute atomic E-state index is 14.4. The molecule has 1 saturated carbocycles. The molecule has 1 fully saturated rings. The second-order valence-electron chi connectivity index (χ2n) is 8.20. The Morgan fingerprint density at radius 1 is 1.21 bits per heavy atom. The number of anilines is 1. The number of carbonyl (C=O) groups is 1. The summed E-state index contributed by atoms with van der Waals surface area (Å²) in [4.78, 5) is 15.8. The van der Waals surface area contributed by atoms with Gasteiger partial charge in [0, 0.05) is 25.7 Å². The van der Waals surface area contributed by atoms with Crippen molar-refractivity contribution in [1.82, 2.24) is 10.6 Å². The summed E-state index contributed by atoms with van der Waals surface area (Å²) in [5.41, 5.74) is 2.75. The van der Waals surface area contributed by atoms with E-state index >= 15 is 0 Å². The molecule has 0 aromatic heterocycles. The van der Waals surface area contributed by atoms with Gasteiger partial charge in [0.05, 0.1) is 12.6 Å². The highest BCUT2D eigenvalue weighted by Crippen LogP contribution is 2.30. The first-order valence-electron chi connectivity index (χ1n) is 11.3. The SMILES string of the molecule is CCNC(=NCCc1ccc(NC(C)=O)cc1)NC(C)c1ccc(OCC2CC2)c(F)c1.I. The van der Waals surface area contributed by atoms with Crippen LogP contribution in [0.4, 0.5) is 10.1 Å². The molecule has 0 spiro atoms. The van der Waals surface area contributed by atoms with Gasteiger partial charge >= 0.3 is 0 Å². The fourth-order valence-corrected chi connectivity index (χ4v) is 3.26. The maximum atomic E-state index is 14.4. The zero-order chi connectivity index (χ0) is 22.9. The Hall–Kier alpha value is -2.36. The van der Waals surface area contributed by atoms with E-state index in [1.807, 2.05) is 44.2 Å². The largest absolute Gasteiger partial charge is 0.490 e. The van der Waals surface area contributed by atoms with Crippen molar-refractivity contribution in [2.75, 3.05) is 25.0 Å². The molecule has 8 heteroatoms. The molecule has 2 aromatic carbocycles. The molecule has 0 heterocycles. The average molecular weight is 568 g/mol. The number of halogens is 2. The highest BCUT2D eigenvalue weighted by molar-refractivity contribution is 14.0. The van der Waals surface area contributed by atoms with Crippen LogP contribution >= 0.6 is 24.0 Å². The molecule has 3 rings (SSSR count). The van der Waals surface area contributed by atoms with Crippen molar-refractivity contribution in [3.05, 3.63) is 59.4 Å². The first-order valence-corrected chi connectivity index (χ1v) is 11.3. The molecule has 6 nitrogen and oxygen atoms in total. The van der Waals surface area contributed by atoms with Gasteiger partial charge in [-0.1, -0.05) is 18.2 Å². The second-order valence-corrected chi connectivity index (χ2v) is 8.20. The van der Waals surface area contributed by atoms with Crippen LogP contribution in [0.25, 0.3) is 0 Å². The Morgan fingerprint density at radius 2 is 1.94 bits per heavy atom. The van der Waals surface area contributed by atoms with Crippen LogP contribution in [0.15, 0.2) is 47.5 Å². The fraction of sp³-hybridized carbons (Fsp3) is 0.440. The van der Waals surface area contributed by atoms with Crippen LogP contribution in [0.3, 0.4) is 0 Å². The lowest BCUT2D eigenvalue weighted by atomic mass is 10.1. The van der Waals surface area contributed by atoms with E-state index in [0.717, 1.165) is 29.8 Å². The van der Waals surface area contributed by atoms with E-state index in [-0.39, 0.29) is 41.7 Å². The van der Waals surface area contributed by atoms with Gasteiger partial charge in [0.15, 0.2) is 17.5 Å². The molecule has 1 amide bonds. The van der Waals surface area contributed by atoms with Gasteiger partial charge in [-0.15, -0.1) is 24.0 Å². The van der Waals surface area contributed by atoms with Gasteiger partial charge in [0.2, 0.25) is 5.91 Å². The molecule has 1 aliphatic carbocycles. The van der Waals surface area contributed by atoms with Crippen LogP contribution in [-0.2, 0) is 11.2 Å². The average Bonchev–Trinajstić information content (AvgIpc) is 3.58. The van der Waals surface area contributed by atoms with Gasteiger partial charge < -0.3 is 20.7 Å². The molecule has 3 N–H and O–H groups in total. The maximum Gasteiger partial charge on any atom is 0.221 e. The van der Waals surface area contributed by atoms with Crippen molar-refractivity contribution in [2.45, 2.75) is 46.1 Å². The molecular weight excluding hydrogens is 534 g/mol. The number of hydrogen-bond donors (Lipinski definition) is 3. The summed E-state index contributed by atoms with van der Waals surface area (Å²) in [6, 6.07) is 12.8. The first kappa shape index (κ1) is 26.9. The highest BCUT2D eigenvalue weighted by Gasteiger charge is 2.22. The van der Waals surface area contributed by atoms with E-state index in [1.54, 1.807) is 6.07 Å². The fourth-order valence-electron chi connectivity index (χ4n) is 3.26. The summed E-state index contributed by atoms with van der Waals surface area (Å²) in [6.45, 7) is 7.40. The van der Waals surface area contributed by atoms with Crippen molar-refractivity contribution >= 4 is 41.5 Å². The van der Waals surface area contributed by atoms with E-state index < -0.39 is 0 Å². The van der Waals surface area contributed by atoms with Crippen LogP contribution in [-0.4, -0.2) is 31.6 Å². The quantitative estimate of drug-likeness (QED) is 0.213. The third kappa shape index (κ3) is 9.19. The number of nitrogens with zero attached hydrogens (tertiary/aromatic N) is 1. The molecule has 0 bridgehead atoms. The van der Waals surface area contributed by atoms with Crippen LogP contribution < -0.4 is 20.7 Å². The van der Waals surface area contributed by atoms with Gasteiger partial charge in [-0.05, 0) is 74.4 Å². The monoisotopic (exact) mass is 568 g/mol. The molecule has 33 heavy (non-hydrogen) atoms. The summed E-state index contributed by atoms with van der Waals surface area (Å²) in [5.74, 6) is 1.17. The first-order chi connectivity index (χ1) is 15.4. The molecular formula is C25H34FIN4O2. The number of nitrogens with one attached hydrogen (secondary N) is 3. The van der Waals surface area contributed by atoms with Crippen molar-refractivity contribution in [3.63, 3.8) is 0 Å². The summed E-state index contributed by atoms with van der Waals surface area (Å²) >= 11 is 0. The third-order valence-electron chi connectivity index (χ3n) is 5.27. The minimum absolute atomic E-state index is 0. The second kappa shape index (κ2) is 13.4. The number of aliphatic imine (C=N–C) groups is 1. The van der Waals surface area contributed by atoms with Crippen LogP contribution in [0.5, 0.6) is 5.75 Å². The van der Waals surface area contributed by atoms with E-state index in [4.69, 9.17) is 4.74 Å². The molecule has 1 aliphatic rings. The normalized spacial score (nSPS) is 14.1. The number of rotatable bonds is 10. The number of hydrogen-bond acceptors (Lipinski definition) is 3. The molecule has 0 saturated heterocycles. The van der Waals surface area contributed by atoms with E-state index in [2.05, 4.69) is 20.9 Å². The predicted octanol–water partition coefficient (Wildman–Crippen LogP) is 5.05. The molecule has 0 radical (unpaired) electrons. The number of carbonyl (C=O) groups excluding carboxylic acids is 1. The predicted molar refractivity (Wildman–Crippen MR) is 142 cm³/mol. The Balaban J connectivity index is 0.00000385. The number of ether oxygens (including phenoxy) is 1. The summed E-state index contributed by atoms with van der Waals surface area (Å²) < 4.78 is 20.0. The van der Waals surface area contributed by atoms with Crippen molar-refractivity contribution in [3.8, 4) is 5.75 Å². The Morgan fingerprint density at radius 3 is 2.55 bits per heavy atom. The van der Waals surface area contributed by atoms with Crippen LogP contribution in [0.2, 0.25) is 0 Å².